The molecule has 0 bridgehead atoms. The molecule has 0 aliphatic rings. The zero-order chi connectivity index (χ0) is 19.1. The SMILES string of the molecule is COc1cc(N)c(Cl)cc1C(=O)OCC(=O)NCC(C)c1ccccc1. The van der Waals surface area contributed by atoms with Crippen molar-refractivity contribution in [2.45, 2.75) is 12.8 Å². The van der Waals surface area contributed by atoms with E-state index in [1.807, 2.05) is 37.3 Å². The van der Waals surface area contributed by atoms with Crippen molar-refractivity contribution in [3.05, 3.63) is 58.6 Å². The van der Waals surface area contributed by atoms with Crippen LogP contribution in [-0.2, 0) is 9.53 Å². The first-order valence-corrected chi connectivity index (χ1v) is 8.42. The Kier molecular flexibility index (Phi) is 6.86. The molecule has 0 saturated carbocycles. The minimum absolute atomic E-state index is 0.108. The van der Waals surface area contributed by atoms with E-state index in [-0.39, 0.29) is 33.8 Å². The Hall–Kier alpha value is -2.73. The summed E-state index contributed by atoms with van der Waals surface area (Å²) in [6.07, 6.45) is 0. The molecular weight excluding hydrogens is 356 g/mol. The molecule has 0 saturated heterocycles. The van der Waals surface area contributed by atoms with Crippen LogP contribution in [0.25, 0.3) is 0 Å². The van der Waals surface area contributed by atoms with E-state index in [1.165, 1.54) is 19.2 Å². The van der Waals surface area contributed by atoms with Gasteiger partial charge in [-0.2, -0.15) is 0 Å². The molecule has 1 unspecified atom stereocenters. The first-order valence-electron chi connectivity index (χ1n) is 8.04. The van der Waals surface area contributed by atoms with Crippen molar-refractivity contribution in [3.8, 4) is 5.75 Å². The second-order valence-corrected chi connectivity index (χ2v) is 6.17. The number of amides is 1. The zero-order valence-electron chi connectivity index (χ0n) is 14.6. The number of ether oxygens (including phenoxy) is 2. The Labute approximate surface area is 157 Å². The van der Waals surface area contributed by atoms with Gasteiger partial charge >= 0.3 is 5.97 Å². The molecule has 7 heteroatoms. The number of esters is 1. The molecular formula is C19H21ClN2O4. The van der Waals surface area contributed by atoms with Crippen molar-refractivity contribution in [1.82, 2.24) is 5.32 Å². The number of halogens is 1. The van der Waals surface area contributed by atoms with Crippen LogP contribution in [0.3, 0.4) is 0 Å². The number of carbonyl (C=O) groups excluding carboxylic acids is 2. The predicted molar refractivity (Wildman–Crippen MR) is 101 cm³/mol. The highest BCUT2D eigenvalue weighted by Gasteiger charge is 2.18. The molecule has 138 valence electrons. The molecule has 0 aliphatic carbocycles. The maximum atomic E-state index is 12.2. The van der Waals surface area contributed by atoms with Crippen LogP contribution >= 0.6 is 11.6 Å². The van der Waals surface area contributed by atoms with Gasteiger partial charge in [-0.15, -0.1) is 0 Å². The van der Waals surface area contributed by atoms with Gasteiger partial charge in [0, 0.05) is 12.6 Å². The molecule has 26 heavy (non-hydrogen) atoms. The second-order valence-electron chi connectivity index (χ2n) is 5.77. The molecule has 3 N–H and O–H groups in total. The Balaban J connectivity index is 1.87. The van der Waals surface area contributed by atoms with E-state index in [9.17, 15) is 9.59 Å². The van der Waals surface area contributed by atoms with Crippen LogP contribution in [0.5, 0.6) is 5.75 Å². The van der Waals surface area contributed by atoms with E-state index in [2.05, 4.69) is 5.32 Å². The van der Waals surface area contributed by atoms with Crippen LogP contribution in [0.15, 0.2) is 42.5 Å². The van der Waals surface area contributed by atoms with E-state index in [0.29, 0.717) is 6.54 Å². The van der Waals surface area contributed by atoms with Gasteiger partial charge in [-0.3, -0.25) is 4.79 Å². The first-order chi connectivity index (χ1) is 12.4. The molecule has 1 amide bonds. The highest BCUT2D eigenvalue weighted by Crippen LogP contribution is 2.29. The van der Waals surface area contributed by atoms with Crippen LogP contribution in [0.2, 0.25) is 5.02 Å². The van der Waals surface area contributed by atoms with Gasteiger partial charge in [0.15, 0.2) is 6.61 Å². The summed E-state index contributed by atoms with van der Waals surface area (Å²) in [6.45, 7) is 2.05. The predicted octanol–water partition coefficient (Wildman–Crippen LogP) is 3.01. The van der Waals surface area contributed by atoms with E-state index in [1.54, 1.807) is 0 Å². The summed E-state index contributed by atoms with van der Waals surface area (Å²) in [5, 5.41) is 2.95. The molecule has 0 aliphatic heterocycles. The standard InChI is InChI=1S/C19H21ClN2O4/c1-12(13-6-4-3-5-7-13)10-22-18(23)11-26-19(24)14-8-15(20)16(21)9-17(14)25-2/h3-9,12H,10-11,21H2,1-2H3,(H,22,23). The van der Waals surface area contributed by atoms with Gasteiger partial charge in [-0.25, -0.2) is 4.79 Å². The van der Waals surface area contributed by atoms with Crippen molar-refractivity contribution in [3.63, 3.8) is 0 Å². The lowest BCUT2D eigenvalue weighted by Crippen LogP contribution is -2.31. The lowest BCUT2D eigenvalue weighted by molar-refractivity contribution is -0.124. The fourth-order valence-corrected chi connectivity index (χ4v) is 2.49. The van der Waals surface area contributed by atoms with E-state index in [0.717, 1.165) is 5.56 Å². The number of anilines is 1. The van der Waals surface area contributed by atoms with Gasteiger partial charge in [-0.1, -0.05) is 48.9 Å². The normalized spacial score (nSPS) is 11.5. The lowest BCUT2D eigenvalue weighted by atomic mass is 10.0. The van der Waals surface area contributed by atoms with Crippen molar-refractivity contribution in [1.29, 1.82) is 0 Å². The lowest BCUT2D eigenvalue weighted by Gasteiger charge is -2.14. The molecule has 0 spiro atoms. The van der Waals surface area contributed by atoms with Crippen molar-refractivity contribution < 1.29 is 19.1 Å². The quantitative estimate of drug-likeness (QED) is 0.572. The number of carbonyl (C=O) groups is 2. The van der Waals surface area contributed by atoms with Gasteiger partial charge in [0.05, 0.1) is 17.8 Å². The van der Waals surface area contributed by atoms with Gasteiger partial charge in [0.2, 0.25) is 0 Å². The maximum Gasteiger partial charge on any atom is 0.342 e. The summed E-state index contributed by atoms with van der Waals surface area (Å²) in [7, 11) is 1.40. The minimum atomic E-state index is -0.713. The number of rotatable bonds is 7. The summed E-state index contributed by atoms with van der Waals surface area (Å²) in [5.74, 6) is -0.724. The average molecular weight is 377 g/mol. The van der Waals surface area contributed by atoms with Crippen LogP contribution < -0.4 is 15.8 Å². The van der Waals surface area contributed by atoms with E-state index < -0.39 is 12.6 Å². The van der Waals surface area contributed by atoms with Crippen LogP contribution in [0.1, 0.15) is 28.8 Å². The third kappa shape index (κ3) is 5.13. The summed E-state index contributed by atoms with van der Waals surface area (Å²) in [4.78, 5) is 24.1. The molecule has 6 nitrogen and oxygen atoms in total. The topological polar surface area (TPSA) is 90.7 Å². The van der Waals surface area contributed by atoms with Crippen LogP contribution in [-0.4, -0.2) is 32.1 Å². The smallest absolute Gasteiger partial charge is 0.342 e. The monoisotopic (exact) mass is 376 g/mol. The Bertz CT molecular complexity index is 781. The summed E-state index contributed by atoms with van der Waals surface area (Å²) >= 11 is 5.92. The maximum absolute atomic E-state index is 12.2. The largest absolute Gasteiger partial charge is 0.496 e. The number of hydrogen-bond donors (Lipinski definition) is 2. The molecule has 2 aromatic carbocycles. The summed E-state index contributed by atoms with van der Waals surface area (Å²) in [5.41, 5.74) is 7.19. The van der Waals surface area contributed by atoms with Gasteiger partial charge in [-0.05, 0) is 17.5 Å². The van der Waals surface area contributed by atoms with E-state index in [4.69, 9.17) is 26.8 Å². The molecule has 0 heterocycles. The molecule has 0 radical (unpaired) electrons. The third-order valence-electron chi connectivity index (χ3n) is 3.85. The average Bonchev–Trinajstić information content (AvgIpc) is 2.66. The van der Waals surface area contributed by atoms with Crippen LogP contribution in [0.4, 0.5) is 5.69 Å². The zero-order valence-corrected chi connectivity index (χ0v) is 15.4. The highest BCUT2D eigenvalue weighted by molar-refractivity contribution is 6.33. The first kappa shape index (κ1) is 19.6. The number of hydrogen-bond acceptors (Lipinski definition) is 5. The number of nitrogen functional groups attached to an aromatic ring is 1. The Morgan fingerprint density at radius 3 is 2.58 bits per heavy atom. The van der Waals surface area contributed by atoms with Crippen LogP contribution in [0, 0.1) is 0 Å². The van der Waals surface area contributed by atoms with Gasteiger partial charge < -0.3 is 20.5 Å². The highest BCUT2D eigenvalue weighted by atomic mass is 35.5. The fraction of sp³-hybridized carbons (Fsp3) is 0.263. The van der Waals surface area contributed by atoms with Gasteiger partial charge in [0.1, 0.15) is 11.3 Å². The Morgan fingerprint density at radius 1 is 1.23 bits per heavy atom. The second kappa shape index (κ2) is 9.10. The minimum Gasteiger partial charge on any atom is -0.496 e. The number of benzene rings is 2. The Morgan fingerprint density at radius 2 is 1.92 bits per heavy atom. The third-order valence-corrected chi connectivity index (χ3v) is 4.17. The fourth-order valence-electron chi connectivity index (χ4n) is 2.32. The van der Waals surface area contributed by atoms with E-state index >= 15 is 0 Å². The molecule has 0 aromatic heterocycles. The van der Waals surface area contributed by atoms with Crippen molar-refractivity contribution >= 4 is 29.2 Å². The number of nitrogens with two attached hydrogens (primary N) is 1. The molecule has 2 aromatic rings. The summed E-state index contributed by atoms with van der Waals surface area (Å²) < 4.78 is 10.1. The van der Waals surface area contributed by atoms with Crippen molar-refractivity contribution in [2.24, 2.45) is 0 Å². The molecule has 0 fully saturated rings. The molecule has 2 rings (SSSR count). The van der Waals surface area contributed by atoms with Gasteiger partial charge in [0.25, 0.3) is 5.91 Å². The summed E-state index contributed by atoms with van der Waals surface area (Å²) in [6, 6.07) is 12.6. The molecule has 1 atom stereocenters. The number of methoxy groups -OCH3 is 1. The number of nitrogens with one attached hydrogen (secondary N) is 1. The van der Waals surface area contributed by atoms with Crippen molar-refractivity contribution in [2.75, 3.05) is 26.0 Å².